The molecule has 0 spiro atoms. The minimum atomic E-state index is 0.504. The molecule has 0 aliphatic rings. The summed E-state index contributed by atoms with van der Waals surface area (Å²) in [6.45, 7) is 2.19. The monoisotopic (exact) mass is 233 g/mol. The third-order valence-electron chi connectivity index (χ3n) is 1.72. The van der Waals surface area contributed by atoms with Gasteiger partial charge in [-0.15, -0.1) is 11.3 Å². The van der Waals surface area contributed by atoms with E-state index in [1.807, 2.05) is 7.05 Å². The quantitative estimate of drug-likeness (QED) is 0.846. The lowest BCUT2D eigenvalue weighted by Gasteiger charge is -2.11. The molecule has 0 aromatic carbocycles. The Labute approximate surface area is 79.9 Å². The smallest absolute Gasteiger partial charge is 0.0421 e. The third-order valence-corrected chi connectivity index (χ3v) is 3.70. The van der Waals surface area contributed by atoms with Gasteiger partial charge in [-0.2, -0.15) is 0 Å². The second kappa shape index (κ2) is 4.24. The molecule has 0 radical (unpaired) electrons. The number of nitrogens with one attached hydrogen (secondary N) is 1. The molecule has 0 amide bonds. The summed E-state index contributed by atoms with van der Waals surface area (Å²) in [6, 6.07) is 2.60. The van der Waals surface area contributed by atoms with Gasteiger partial charge in [0.25, 0.3) is 0 Å². The summed E-state index contributed by atoms with van der Waals surface area (Å²) in [5, 5.41) is 5.39. The van der Waals surface area contributed by atoms with Crippen LogP contribution in [-0.2, 0) is 0 Å². The molecular formula is C8H12BrNS. The predicted octanol–water partition coefficient (Wildman–Crippen LogP) is 3.18. The van der Waals surface area contributed by atoms with E-state index in [1.165, 1.54) is 9.35 Å². The molecule has 3 heteroatoms. The molecule has 0 saturated heterocycles. The predicted molar refractivity (Wildman–Crippen MR) is 54.1 cm³/mol. The summed E-state index contributed by atoms with van der Waals surface area (Å²) in [5.41, 5.74) is 0. The van der Waals surface area contributed by atoms with Crippen molar-refractivity contribution in [1.29, 1.82) is 0 Å². The Morgan fingerprint density at radius 2 is 2.45 bits per heavy atom. The van der Waals surface area contributed by atoms with E-state index in [1.54, 1.807) is 11.3 Å². The van der Waals surface area contributed by atoms with E-state index in [0.29, 0.717) is 6.04 Å². The maximum Gasteiger partial charge on any atom is 0.0421 e. The second-order valence-electron chi connectivity index (χ2n) is 2.38. The Morgan fingerprint density at radius 1 is 1.73 bits per heavy atom. The Balaban J connectivity index is 2.81. The minimum Gasteiger partial charge on any atom is -0.312 e. The van der Waals surface area contributed by atoms with E-state index >= 15 is 0 Å². The van der Waals surface area contributed by atoms with E-state index in [4.69, 9.17) is 0 Å². The standard InChI is InChI=1S/C8H12BrNS/c1-3-7(10-2)8-6(9)4-5-11-8/h4-5,7,10H,3H2,1-2H3. The molecular weight excluding hydrogens is 222 g/mol. The van der Waals surface area contributed by atoms with Gasteiger partial charge in [-0.3, -0.25) is 0 Å². The molecule has 1 heterocycles. The zero-order valence-corrected chi connectivity index (χ0v) is 9.13. The van der Waals surface area contributed by atoms with Crippen LogP contribution in [0.1, 0.15) is 24.3 Å². The van der Waals surface area contributed by atoms with Crippen molar-refractivity contribution in [3.05, 3.63) is 20.8 Å². The van der Waals surface area contributed by atoms with Gasteiger partial charge in [-0.25, -0.2) is 0 Å². The lowest BCUT2D eigenvalue weighted by Crippen LogP contribution is -2.13. The number of hydrogen-bond acceptors (Lipinski definition) is 2. The van der Waals surface area contributed by atoms with E-state index in [9.17, 15) is 0 Å². The van der Waals surface area contributed by atoms with Crippen molar-refractivity contribution in [2.45, 2.75) is 19.4 Å². The molecule has 11 heavy (non-hydrogen) atoms. The van der Waals surface area contributed by atoms with Gasteiger partial charge in [0.1, 0.15) is 0 Å². The van der Waals surface area contributed by atoms with Crippen LogP contribution in [0.4, 0.5) is 0 Å². The summed E-state index contributed by atoms with van der Waals surface area (Å²) in [4.78, 5) is 1.40. The van der Waals surface area contributed by atoms with Gasteiger partial charge in [-0.1, -0.05) is 6.92 Å². The van der Waals surface area contributed by atoms with E-state index in [-0.39, 0.29) is 0 Å². The third kappa shape index (κ3) is 2.04. The molecule has 0 fully saturated rings. The number of rotatable bonds is 3. The summed E-state index contributed by atoms with van der Waals surface area (Å²) in [7, 11) is 2.00. The molecule has 0 aliphatic carbocycles. The first-order valence-electron chi connectivity index (χ1n) is 3.69. The van der Waals surface area contributed by atoms with Crippen LogP contribution in [0.2, 0.25) is 0 Å². The fourth-order valence-corrected chi connectivity index (χ4v) is 2.92. The molecule has 0 aliphatic heterocycles. The largest absolute Gasteiger partial charge is 0.312 e. The van der Waals surface area contributed by atoms with Crippen molar-refractivity contribution >= 4 is 27.3 Å². The Morgan fingerprint density at radius 3 is 2.82 bits per heavy atom. The second-order valence-corrected chi connectivity index (χ2v) is 4.18. The zero-order valence-electron chi connectivity index (χ0n) is 6.73. The topological polar surface area (TPSA) is 12.0 Å². The molecule has 62 valence electrons. The summed E-state index contributed by atoms with van der Waals surface area (Å²) in [6.07, 6.45) is 1.13. The molecule has 1 atom stereocenters. The highest BCUT2D eigenvalue weighted by molar-refractivity contribution is 9.10. The van der Waals surface area contributed by atoms with Crippen molar-refractivity contribution in [3.8, 4) is 0 Å². The van der Waals surface area contributed by atoms with Gasteiger partial charge >= 0.3 is 0 Å². The summed E-state index contributed by atoms with van der Waals surface area (Å²) < 4.78 is 1.23. The van der Waals surface area contributed by atoms with Crippen LogP contribution in [0.3, 0.4) is 0 Å². The van der Waals surface area contributed by atoms with Crippen LogP contribution in [0.5, 0.6) is 0 Å². The molecule has 0 saturated carbocycles. The molecule has 0 bridgehead atoms. The number of hydrogen-bond donors (Lipinski definition) is 1. The molecule has 1 aromatic heterocycles. The Kier molecular flexibility index (Phi) is 3.55. The average molecular weight is 234 g/mol. The molecule has 1 nitrogen and oxygen atoms in total. The first kappa shape index (κ1) is 9.23. The van der Waals surface area contributed by atoms with E-state index in [0.717, 1.165) is 6.42 Å². The lowest BCUT2D eigenvalue weighted by molar-refractivity contribution is 0.585. The van der Waals surface area contributed by atoms with Gasteiger partial charge in [0.15, 0.2) is 0 Å². The number of thiophene rings is 1. The van der Waals surface area contributed by atoms with Crippen molar-refractivity contribution in [1.82, 2.24) is 5.32 Å². The highest BCUT2D eigenvalue weighted by atomic mass is 79.9. The molecule has 1 aromatic rings. The fourth-order valence-electron chi connectivity index (χ4n) is 1.07. The molecule has 1 unspecified atom stereocenters. The van der Waals surface area contributed by atoms with Crippen LogP contribution in [0.25, 0.3) is 0 Å². The molecule has 1 N–H and O–H groups in total. The van der Waals surface area contributed by atoms with Crippen LogP contribution >= 0.6 is 27.3 Å². The van der Waals surface area contributed by atoms with Gasteiger partial charge in [0.05, 0.1) is 0 Å². The van der Waals surface area contributed by atoms with E-state index < -0.39 is 0 Å². The van der Waals surface area contributed by atoms with Crippen LogP contribution in [0.15, 0.2) is 15.9 Å². The average Bonchev–Trinajstić information content (AvgIpc) is 2.40. The van der Waals surface area contributed by atoms with Crippen molar-refractivity contribution < 1.29 is 0 Å². The lowest BCUT2D eigenvalue weighted by atomic mass is 10.2. The van der Waals surface area contributed by atoms with Crippen molar-refractivity contribution in [2.75, 3.05) is 7.05 Å². The summed E-state index contributed by atoms with van der Waals surface area (Å²) in [5.74, 6) is 0. The van der Waals surface area contributed by atoms with Gasteiger partial charge in [-0.05, 0) is 40.8 Å². The van der Waals surface area contributed by atoms with Gasteiger partial charge in [0, 0.05) is 15.4 Å². The SMILES string of the molecule is CCC(NC)c1sccc1Br. The van der Waals surface area contributed by atoms with Crippen LogP contribution in [-0.4, -0.2) is 7.05 Å². The maximum absolute atomic E-state index is 3.52. The normalized spacial score (nSPS) is 13.4. The number of halogens is 1. The maximum atomic E-state index is 3.52. The van der Waals surface area contributed by atoms with Crippen LogP contribution in [0, 0.1) is 0 Å². The Hall–Kier alpha value is 0.140. The van der Waals surface area contributed by atoms with Gasteiger partial charge in [0.2, 0.25) is 0 Å². The van der Waals surface area contributed by atoms with Crippen molar-refractivity contribution in [2.24, 2.45) is 0 Å². The minimum absolute atomic E-state index is 0.504. The van der Waals surface area contributed by atoms with Crippen molar-refractivity contribution in [3.63, 3.8) is 0 Å². The zero-order chi connectivity index (χ0) is 8.27. The Bertz CT molecular complexity index is 218. The highest BCUT2D eigenvalue weighted by Crippen LogP contribution is 2.30. The molecule has 1 rings (SSSR count). The fraction of sp³-hybridized carbons (Fsp3) is 0.500. The first-order valence-corrected chi connectivity index (χ1v) is 5.37. The van der Waals surface area contributed by atoms with Crippen LogP contribution < -0.4 is 5.32 Å². The summed E-state index contributed by atoms with van der Waals surface area (Å²) >= 11 is 5.32. The van der Waals surface area contributed by atoms with Gasteiger partial charge < -0.3 is 5.32 Å². The first-order chi connectivity index (χ1) is 5.29. The highest BCUT2D eigenvalue weighted by Gasteiger charge is 2.10. The van der Waals surface area contributed by atoms with E-state index in [2.05, 4.69) is 39.6 Å².